The Morgan fingerprint density at radius 1 is 1.32 bits per heavy atom. The van der Waals surface area contributed by atoms with E-state index in [0.29, 0.717) is 43.0 Å². The van der Waals surface area contributed by atoms with Gasteiger partial charge >= 0.3 is 5.97 Å². The first kappa shape index (κ1) is 19.2. The minimum Gasteiger partial charge on any atom is -0.488 e. The van der Waals surface area contributed by atoms with Gasteiger partial charge in [-0.05, 0) is 37.1 Å². The number of rotatable bonds is 5. The minimum atomic E-state index is -0.490. The van der Waals surface area contributed by atoms with Crippen molar-refractivity contribution in [3.63, 3.8) is 0 Å². The zero-order valence-electron chi connectivity index (χ0n) is 15.0. The molecule has 0 bridgehead atoms. The molecule has 9 heteroatoms. The maximum Gasteiger partial charge on any atom is 0.348 e. The summed E-state index contributed by atoms with van der Waals surface area (Å²) in [5.41, 5.74) is 0.539. The fourth-order valence-electron chi connectivity index (χ4n) is 3.21. The quantitative estimate of drug-likeness (QED) is 0.439. The second-order valence-corrected chi connectivity index (χ2v) is 8.23. The summed E-state index contributed by atoms with van der Waals surface area (Å²) in [4.78, 5) is 30.7. The van der Waals surface area contributed by atoms with Crippen molar-refractivity contribution in [1.82, 2.24) is 9.55 Å². The lowest BCUT2D eigenvalue weighted by molar-refractivity contribution is 0.0455. The molecule has 146 valence electrons. The monoisotopic (exact) mass is 438 g/mol. The van der Waals surface area contributed by atoms with E-state index in [9.17, 15) is 9.59 Å². The normalized spacial score (nSPS) is 13.0. The fraction of sp³-hybridized carbons (Fsp3) is 0.316. The third kappa shape index (κ3) is 3.50. The van der Waals surface area contributed by atoms with E-state index in [1.165, 1.54) is 11.3 Å². The van der Waals surface area contributed by atoms with Crippen LogP contribution in [-0.2, 0) is 17.7 Å². The van der Waals surface area contributed by atoms with Crippen LogP contribution in [-0.4, -0.2) is 28.7 Å². The van der Waals surface area contributed by atoms with Crippen LogP contribution in [0.3, 0.4) is 0 Å². The number of halogens is 2. The third-order valence-electron chi connectivity index (χ3n) is 4.56. The second-order valence-electron chi connectivity index (χ2n) is 6.38. The molecule has 3 aromatic rings. The molecule has 28 heavy (non-hydrogen) atoms. The average Bonchev–Trinajstić information content (AvgIpc) is 3.25. The van der Waals surface area contributed by atoms with Crippen molar-refractivity contribution in [2.24, 2.45) is 0 Å². The topological polar surface area (TPSA) is 70.4 Å². The van der Waals surface area contributed by atoms with Crippen molar-refractivity contribution < 1.29 is 14.3 Å². The molecule has 0 fully saturated rings. The number of aryl methyl sites for hydroxylation is 2. The number of esters is 1. The Morgan fingerprint density at radius 2 is 2.14 bits per heavy atom. The molecule has 0 N–H and O–H groups in total. The number of aromatic nitrogens is 2. The summed E-state index contributed by atoms with van der Waals surface area (Å²) >= 11 is 13.1. The molecular weight excluding hydrogens is 423 g/mol. The van der Waals surface area contributed by atoms with E-state index in [1.807, 2.05) is 0 Å². The van der Waals surface area contributed by atoms with E-state index in [1.54, 1.807) is 29.7 Å². The molecule has 2 aromatic heterocycles. The third-order valence-corrected chi connectivity index (χ3v) is 6.26. The van der Waals surface area contributed by atoms with Crippen LogP contribution < -0.4 is 10.3 Å². The van der Waals surface area contributed by atoms with Crippen molar-refractivity contribution in [3.05, 3.63) is 54.9 Å². The van der Waals surface area contributed by atoms with Gasteiger partial charge in [-0.2, -0.15) is 0 Å². The number of carbonyl (C=O) groups is 1. The summed E-state index contributed by atoms with van der Waals surface area (Å²) in [5.74, 6) is 0.759. The maximum atomic E-state index is 12.7. The molecule has 1 aliphatic rings. The van der Waals surface area contributed by atoms with Crippen LogP contribution in [0.25, 0.3) is 10.2 Å². The van der Waals surface area contributed by atoms with Gasteiger partial charge in [-0.15, -0.1) is 11.3 Å². The van der Waals surface area contributed by atoms with Crippen molar-refractivity contribution in [2.45, 2.75) is 26.3 Å². The van der Waals surface area contributed by atoms with E-state index in [2.05, 4.69) is 4.98 Å². The molecule has 0 amide bonds. The Hall–Kier alpha value is -2.09. The Kier molecular flexibility index (Phi) is 5.31. The molecule has 0 radical (unpaired) electrons. The van der Waals surface area contributed by atoms with Gasteiger partial charge in [-0.1, -0.05) is 23.2 Å². The minimum absolute atomic E-state index is 0.0500. The molecule has 6 nitrogen and oxygen atoms in total. The largest absolute Gasteiger partial charge is 0.488 e. The van der Waals surface area contributed by atoms with Gasteiger partial charge in [0.25, 0.3) is 5.56 Å². The molecule has 1 aromatic carbocycles. The summed E-state index contributed by atoms with van der Waals surface area (Å²) < 4.78 is 12.5. The summed E-state index contributed by atoms with van der Waals surface area (Å²) in [6.45, 7) is 2.63. The van der Waals surface area contributed by atoms with E-state index in [0.717, 1.165) is 18.7 Å². The first-order chi connectivity index (χ1) is 13.5. The van der Waals surface area contributed by atoms with Gasteiger partial charge in [0.05, 0.1) is 10.4 Å². The number of ether oxygens (including phenoxy) is 2. The Bertz CT molecular complexity index is 1140. The highest BCUT2D eigenvalue weighted by Crippen LogP contribution is 2.30. The number of benzene rings is 1. The highest BCUT2D eigenvalue weighted by atomic mass is 35.5. The lowest BCUT2D eigenvalue weighted by Crippen LogP contribution is -2.20. The van der Waals surface area contributed by atoms with Gasteiger partial charge in [0.1, 0.15) is 34.5 Å². The van der Waals surface area contributed by atoms with Crippen LogP contribution in [0.2, 0.25) is 10.0 Å². The standard InChI is InChI=1S/C19H16Cl2N2O4S/c1-10-15-17(22-14-3-2-6-23(14)18(15)24)28-16(10)19(25)27-8-7-26-13-5-4-11(20)9-12(13)21/h4-5,9H,2-3,6-8H2,1H3. The SMILES string of the molecule is Cc1c(C(=O)OCCOc2ccc(Cl)cc2Cl)sc2nc3n(c(=O)c12)CCC3. The smallest absolute Gasteiger partial charge is 0.348 e. The van der Waals surface area contributed by atoms with Gasteiger partial charge in [0.2, 0.25) is 0 Å². The first-order valence-electron chi connectivity index (χ1n) is 8.73. The number of carbonyl (C=O) groups excluding carboxylic acids is 1. The van der Waals surface area contributed by atoms with Crippen molar-refractivity contribution in [1.29, 1.82) is 0 Å². The Labute approximate surface area is 174 Å². The predicted molar refractivity (Wildman–Crippen MR) is 109 cm³/mol. The average molecular weight is 439 g/mol. The van der Waals surface area contributed by atoms with Crippen molar-refractivity contribution in [3.8, 4) is 5.75 Å². The molecule has 0 spiro atoms. The first-order valence-corrected chi connectivity index (χ1v) is 10.3. The fourth-order valence-corrected chi connectivity index (χ4v) is 4.76. The molecule has 1 aliphatic heterocycles. The van der Waals surface area contributed by atoms with Crippen LogP contribution in [0.15, 0.2) is 23.0 Å². The maximum absolute atomic E-state index is 12.7. The highest BCUT2D eigenvalue weighted by molar-refractivity contribution is 7.20. The summed E-state index contributed by atoms with van der Waals surface area (Å²) in [6, 6.07) is 4.90. The van der Waals surface area contributed by atoms with Crippen molar-refractivity contribution in [2.75, 3.05) is 13.2 Å². The van der Waals surface area contributed by atoms with E-state index in [4.69, 9.17) is 32.7 Å². The van der Waals surface area contributed by atoms with Crippen molar-refractivity contribution >= 4 is 50.7 Å². The van der Waals surface area contributed by atoms with Gasteiger partial charge in [-0.3, -0.25) is 9.36 Å². The number of hydrogen-bond acceptors (Lipinski definition) is 6. The lowest BCUT2D eigenvalue weighted by atomic mass is 10.2. The molecule has 0 saturated carbocycles. The van der Waals surface area contributed by atoms with Crippen LogP contribution in [0.4, 0.5) is 0 Å². The van der Waals surface area contributed by atoms with E-state index in [-0.39, 0.29) is 18.8 Å². The molecule has 0 saturated heterocycles. The zero-order chi connectivity index (χ0) is 19.8. The van der Waals surface area contributed by atoms with Crippen LogP contribution in [0, 0.1) is 6.92 Å². The van der Waals surface area contributed by atoms with Gasteiger partial charge in [0.15, 0.2) is 0 Å². The Balaban J connectivity index is 1.45. The highest BCUT2D eigenvalue weighted by Gasteiger charge is 2.24. The number of nitrogens with zero attached hydrogens (tertiary/aromatic N) is 2. The lowest BCUT2D eigenvalue weighted by Gasteiger charge is -2.08. The van der Waals surface area contributed by atoms with E-state index < -0.39 is 5.97 Å². The number of fused-ring (bicyclic) bond motifs is 2. The number of thiophene rings is 1. The number of hydrogen-bond donors (Lipinski definition) is 0. The molecule has 0 unspecified atom stereocenters. The molecule has 4 rings (SSSR count). The van der Waals surface area contributed by atoms with Gasteiger partial charge in [-0.25, -0.2) is 9.78 Å². The van der Waals surface area contributed by atoms with Crippen LogP contribution >= 0.6 is 34.5 Å². The summed E-state index contributed by atoms with van der Waals surface area (Å²) in [6.07, 6.45) is 1.71. The molecule has 0 aliphatic carbocycles. The predicted octanol–water partition coefficient (Wildman–Crippen LogP) is 4.26. The molecule has 3 heterocycles. The molecule has 0 atom stereocenters. The van der Waals surface area contributed by atoms with Crippen LogP contribution in [0.5, 0.6) is 5.75 Å². The second kappa shape index (κ2) is 7.73. The van der Waals surface area contributed by atoms with Gasteiger partial charge < -0.3 is 9.47 Å². The Morgan fingerprint density at radius 3 is 2.93 bits per heavy atom. The summed E-state index contributed by atoms with van der Waals surface area (Å²) in [5, 5.41) is 1.41. The summed E-state index contributed by atoms with van der Waals surface area (Å²) in [7, 11) is 0. The zero-order valence-corrected chi connectivity index (χ0v) is 17.3. The molecular formula is C19H16Cl2N2O4S. The van der Waals surface area contributed by atoms with Gasteiger partial charge in [0, 0.05) is 18.0 Å². The van der Waals surface area contributed by atoms with E-state index >= 15 is 0 Å². The van der Waals surface area contributed by atoms with Crippen LogP contribution in [0.1, 0.15) is 27.5 Å².